The Kier molecular flexibility index (Phi) is 2.19. The molecule has 0 aromatic carbocycles. The largest absolute Gasteiger partial charge is 0.319 e. The summed E-state index contributed by atoms with van der Waals surface area (Å²) in [4.78, 5) is 0. The predicted octanol–water partition coefficient (Wildman–Crippen LogP) is 0.174. The summed E-state index contributed by atoms with van der Waals surface area (Å²) in [6, 6.07) is 0. The van der Waals surface area contributed by atoms with Gasteiger partial charge in [-0.3, -0.25) is 0 Å². The zero-order chi connectivity index (χ0) is 8.32. The molecule has 0 saturated carbocycles. The molecule has 1 unspecified atom stereocenters. The van der Waals surface area contributed by atoms with Crippen LogP contribution in [0.25, 0.3) is 0 Å². The smallest absolute Gasteiger partial charge is 0.194 e. The Morgan fingerprint density at radius 3 is 2.82 bits per heavy atom. The number of tetrazole rings is 1. The molecule has 1 rings (SSSR count). The maximum atomic E-state index is 5.91. The summed E-state index contributed by atoms with van der Waals surface area (Å²) in [6.07, 6.45) is 1.88. The second-order valence-corrected chi connectivity index (χ2v) is 2.90. The Bertz CT molecular complexity index is 203. The third kappa shape index (κ3) is 1.74. The van der Waals surface area contributed by atoms with Crippen molar-refractivity contribution < 1.29 is 0 Å². The van der Waals surface area contributed by atoms with Crippen molar-refractivity contribution in [2.45, 2.75) is 32.2 Å². The van der Waals surface area contributed by atoms with Crippen LogP contribution in [0.15, 0.2) is 0 Å². The molecule has 3 N–H and O–H groups in total. The summed E-state index contributed by atoms with van der Waals surface area (Å²) in [5, 5.41) is 13.5. The number of hydrogen-bond acceptors (Lipinski definition) is 4. The highest BCUT2D eigenvalue weighted by Gasteiger charge is 2.24. The number of aromatic nitrogens is 4. The van der Waals surface area contributed by atoms with E-state index in [2.05, 4.69) is 27.5 Å². The van der Waals surface area contributed by atoms with Gasteiger partial charge in [0.15, 0.2) is 5.82 Å². The molecule has 0 saturated heterocycles. The van der Waals surface area contributed by atoms with Crippen LogP contribution in [0.2, 0.25) is 0 Å². The molecular formula is C6H13N5. The number of rotatable bonds is 3. The minimum absolute atomic E-state index is 0.443. The third-order valence-corrected chi connectivity index (χ3v) is 1.63. The van der Waals surface area contributed by atoms with Gasteiger partial charge >= 0.3 is 0 Å². The van der Waals surface area contributed by atoms with Crippen LogP contribution in [0.4, 0.5) is 0 Å². The molecule has 0 aliphatic rings. The summed E-state index contributed by atoms with van der Waals surface area (Å²) in [5.41, 5.74) is 5.47. The lowest BCUT2D eigenvalue weighted by Gasteiger charge is -2.18. The lowest BCUT2D eigenvalue weighted by Crippen LogP contribution is -2.34. The molecule has 5 nitrogen and oxygen atoms in total. The van der Waals surface area contributed by atoms with Crippen LogP contribution in [-0.2, 0) is 5.54 Å². The van der Waals surface area contributed by atoms with Crippen molar-refractivity contribution in [2.24, 2.45) is 5.73 Å². The Morgan fingerprint density at radius 2 is 2.36 bits per heavy atom. The average molecular weight is 155 g/mol. The van der Waals surface area contributed by atoms with Gasteiger partial charge in [0.2, 0.25) is 0 Å². The maximum absolute atomic E-state index is 5.91. The van der Waals surface area contributed by atoms with Crippen molar-refractivity contribution in [3.05, 3.63) is 5.82 Å². The summed E-state index contributed by atoms with van der Waals surface area (Å²) >= 11 is 0. The fraction of sp³-hybridized carbons (Fsp3) is 0.833. The van der Waals surface area contributed by atoms with Crippen LogP contribution in [-0.4, -0.2) is 20.6 Å². The zero-order valence-electron chi connectivity index (χ0n) is 6.83. The number of hydrogen-bond donors (Lipinski definition) is 2. The lowest BCUT2D eigenvalue weighted by molar-refractivity contribution is 0.420. The van der Waals surface area contributed by atoms with Gasteiger partial charge in [0.1, 0.15) is 0 Å². The monoisotopic (exact) mass is 155 g/mol. The number of nitrogens with one attached hydrogen (secondary N) is 1. The molecule has 1 atom stereocenters. The fourth-order valence-electron chi connectivity index (χ4n) is 1.03. The van der Waals surface area contributed by atoms with Gasteiger partial charge in [0, 0.05) is 0 Å². The lowest BCUT2D eigenvalue weighted by atomic mass is 9.97. The van der Waals surface area contributed by atoms with E-state index in [1.807, 2.05) is 6.92 Å². The third-order valence-electron chi connectivity index (χ3n) is 1.63. The molecule has 0 fully saturated rings. The predicted molar refractivity (Wildman–Crippen MR) is 40.6 cm³/mol. The van der Waals surface area contributed by atoms with E-state index in [-0.39, 0.29) is 0 Å². The van der Waals surface area contributed by atoms with Crippen LogP contribution in [0.5, 0.6) is 0 Å². The van der Waals surface area contributed by atoms with Gasteiger partial charge in [0.25, 0.3) is 0 Å². The maximum Gasteiger partial charge on any atom is 0.194 e. The molecular weight excluding hydrogens is 142 g/mol. The van der Waals surface area contributed by atoms with Crippen molar-refractivity contribution >= 4 is 0 Å². The number of nitrogens with two attached hydrogens (primary N) is 1. The summed E-state index contributed by atoms with van der Waals surface area (Å²) < 4.78 is 0. The first-order chi connectivity index (χ1) is 5.17. The quantitative estimate of drug-likeness (QED) is 0.652. The van der Waals surface area contributed by atoms with Gasteiger partial charge in [0.05, 0.1) is 5.54 Å². The van der Waals surface area contributed by atoms with E-state index in [9.17, 15) is 0 Å². The van der Waals surface area contributed by atoms with E-state index in [0.29, 0.717) is 5.82 Å². The highest BCUT2D eigenvalue weighted by Crippen LogP contribution is 2.17. The van der Waals surface area contributed by atoms with Crippen LogP contribution in [0.3, 0.4) is 0 Å². The standard InChI is InChI=1S/C6H13N5/c1-3-4-6(2,7)5-8-10-11-9-5/h3-4,7H2,1-2H3,(H,8,9,10,11). The van der Waals surface area contributed by atoms with Gasteiger partial charge in [-0.1, -0.05) is 18.6 Å². The number of aromatic amines is 1. The van der Waals surface area contributed by atoms with Crippen molar-refractivity contribution in [1.82, 2.24) is 20.6 Å². The van der Waals surface area contributed by atoms with E-state index in [4.69, 9.17) is 5.73 Å². The van der Waals surface area contributed by atoms with Crippen molar-refractivity contribution in [2.75, 3.05) is 0 Å². The second kappa shape index (κ2) is 2.96. The molecule has 0 aliphatic heterocycles. The molecule has 1 heterocycles. The second-order valence-electron chi connectivity index (χ2n) is 2.90. The normalized spacial score (nSPS) is 16.3. The van der Waals surface area contributed by atoms with Gasteiger partial charge in [-0.05, 0) is 13.3 Å². The molecule has 0 amide bonds. The summed E-state index contributed by atoms with van der Waals surface area (Å²) in [7, 11) is 0. The molecule has 11 heavy (non-hydrogen) atoms. The SMILES string of the molecule is CCCC(C)(N)c1nn[nH]n1. The Labute approximate surface area is 65.4 Å². The first-order valence-corrected chi connectivity index (χ1v) is 3.69. The van der Waals surface area contributed by atoms with Crippen molar-refractivity contribution in [3.63, 3.8) is 0 Å². The fourth-order valence-corrected chi connectivity index (χ4v) is 1.03. The van der Waals surface area contributed by atoms with Gasteiger partial charge in [-0.25, -0.2) is 0 Å². The molecule has 0 bridgehead atoms. The first kappa shape index (κ1) is 8.13. The highest BCUT2D eigenvalue weighted by molar-refractivity contribution is 4.97. The van der Waals surface area contributed by atoms with Gasteiger partial charge in [-0.2, -0.15) is 5.21 Å². The van der Waals surface area contributed by atoms with E-state index in [1.165, 1.54) is 0 Å². The Hall–Kier alpha value is -0.970. The molecule has 0 radical (unpaired) electrons. The molecule has 1 aromatic rings. The van der Waals surface area contributed by atoms with Gasteiger partial charge in [-0.15, -0.1) is 10.2 Å². The topological polar surface area (TPSA) is 80.5 Å². The molecule has 1 aromatic heterocycles. The van der Waals surface area contributed by atoms with Crippen molar-refractivity contribution in [3.8, 4) is 0 Å². The zero-order valence-corrected chi connectivity index (χ0v) is 6.83. The van der Waals surface area contributed by atoms with Crippen LogP contribution < -0.4 is 5.73 Å². The molecule has 5 heteroatoms. The van der Waals surface area contributed by atoms with Crippen LogP contribution in [0.1, 0.15) is 32.5 Å². The summed E-state index contributed by atoms with van der Waals surface area (Å²) in [6.45, 7) is 3.98. The highest BCUT2D eigenvalue weighted by atomic mass is 15.5. The summed E-state index contributed by atoms with van der Waals surface area (Å²) in [5.74, 6) is 0.583. The minimum Gasteiger partial charge on any atom is -0.319 e. The first-order valence-electron chi connectivity index (χ1n) is 3.69. The van der Waals surface area contributed by atoms with Gasteiger partial charge < -0.3 is 5.73 Å². The van der Waals surface area contributed by atoms with E-state index in [0.717, 1.165) is 12.8 Å². The van der Waals surface area contributed by atoms with Crippen LogP contribution in [0, 0.1) is 0 Å². The van der Waals surface area contributed by atoms with Crippen LogP contribution >= 0.6 is 0 Å². The average Bonchev–Trinajstić information content (AvgIpc) is 2.37. The minimum atomic E-state index is -0.443. The molecule has 62 valence electrons. The molecule has 0 aliphatic carbocycles. The van der Waals surface area contributed by atoms with E-state index >= 15 is 0 Å². The molecule has 0 spiro atoms. The Balaban J connectivity index is 2.73. The van der Waals surface area contributed by atoms with E-state index in [1.54, 1.807) is 0 Å². The Morgan fingerprint density at radius 1 is 1.64 bits per heavy atom. The van der Waals surface area contributed by atoms with E-state index < -0.39 is 5.54 Å². The van der Waals surface area contributed by atoms with Crippen molar-refractivity contribution in [1.29, 1.82) is 0 Å². The number of nitrogens with zero attached hydrogens (tertiary/aromatic N) is 3. The number of H-pyrrole nitrogens is 1.